The highest BCUT2D eigenvalue weighted by molar-refractivity contribution is 5.73. The van der Waals surface area contributed by atoms with Crippen LogP contribution in [0.5, 0.6) is 0 Å². The molecule has 12 heteroatoms. The first-order valence-corrected chi connectivity index (χ1v) is 19.3. The van der Waals surface area contributed by atoms with Crippen molar-refractivity contribution in [2.45, 2.75) is 187 Å². The molecule has 4 N–H and O–H groups in total. The molecule has 0 radical (unpaired) electrons. The number of cyclic esters (lactones) is 1. The highest BCUT2D eigenvalue weighted by Gasteiger charge is 2.51. The van der Waals surface area contributed by atoms with E-state index in [1.54, 1.807) is 13.8 Å². The van der Waals surface area contributed by atoms with Crippen LogP contribution in [0.1, 0.15) is 109 Å². The van der Waals surface area contributed by atoms with Gasteiger partial charge < -0.3 is 53.9 Å². The molecule has 0 saturated carbocycles. The number of ether oxygens (including phenoxy) is 5. The quantitative estimate of drug-likeness (QED) is 0.295. The number of aliphatic hydroxyl groups is 4. The number of hydrogen-bond acceptors (Lipinski definition) is 12. The van der Waals surface area contributed by atoms with Crippen molar-refractivity contribution in [1.29, 1.82) is 0 Å². The van der Waals surface area contributed by atoms with Crippen molar-refractivity contribution in [2.75, 3.05) is 27.7 Å². The van der Waals surface area contributed by atoms with Gasteiger partial charge in [-0.15, -0.1) is 0 Å². The fourth-order valence-corrected chi connectivity index (χ4v) is 8.88. The van der Waals surface area contributed by atoms with Crippen LogP contribution in [0.3, 0.4) is 0 Å². The first-order chi connectivity index (χ1) is 23.3. The van der Waals surface area contributed by atoms with Crippen molar-refractivity contribution < 1.29 is 48.9 Å². The molecule has 3 fully saturated rings. The molecular formula is C39H74N2O10. The molecule has 51 heavy (non-hydrogen) atoms. The molecule has 0 aromatic heterocycles. The van der Waals surface area contributed by atoms with Gasteiger partial charge in [-0.1, -0.05) is 41.5 Å². The van der Waals surface area contributed by atoms with Gasteiger partial charge >= 0.3 is 5.97 Å². The van der Waals surface area contributed by atoms with Crippen LogP contribution in [0.25, 0.3) is 0 Å². The maximum absolute atomic E-state index is 14.2. The van der Waals surface area contributed by atoms with Crippen molar-refractivity contribution in [1.82, 2.24) is 9.80 Å². The third-order valence-electron chi connectivity index (χ3n) is 12.7. The fraction of sp³-hybridized carbons (Fsp3) is 0.974. The summed E-state index contributed by atoms with van der Waals surface area (Å²) in [5.74, 6) is -1.99. The zero-order valence-corrected chi connectivity index (χ0v) is 34.3. The van der Waals surface area contributed by atoms with E-state index in [9.17, 15) is 25.2 Å². The summed E-state index contributed by atoms with van der Waals surface area (Å²) in [6, 6.07) is -0.737. The minimum Gasteiger partial charge on any atom is -0.459 e. The van der Waals surface area contributed by atoms with E-state index in [4.69, 9.17) is 23.7 Å². The average molecular weight is 731 g/mol. The monoisotopic (exact) mass is 731 g/mol. The first-order valence-electron chi connectivity index (χ1n) is 19.3. The van der Waals surface area contributed by atoms with Gasteiger partial charge in [0.05, 0.1) is 35.9 Å². The number of rotatable bonds is 6. The maximum atomic E-state index is 14.2. The molecule has 3 aliphatic rings. The number of likely N-dealkylation sites (N-methyl/N-ethyl adjacent to an activating group) is 2. The predicted octanol–water partition coefficient (Wildman–Crippen LogP) is 3.80. The van der Waals surface area contributed by atoms with E-state index in [0.717, 1.165) is 0 Å². The summed E-state index contributed by atoms with van der Waals surface area (Å²) in [5, 5.41) is 47.3. The molecule has 0 amide bonds. The highest BCUT2D eigenvalue weighted by Crippen LogP contribution is 2.43. The number of aliphatic hydroxyl groups excluding tert-OH is 2. The summed E-state index contributed by atoms with van der Waals surface area (Å²) in [6.07, 6.45) is -5.38. The van der Waals surface area contributed by atoms with Gasteiger partial charge in [0.25, 0.3) is 0 Å². The van der Waals surface area contributed by atoms with Crippen LogP contribution < -0.4 is 0 Å². The standard InChI is InChI=1S/C39H74N2O10/c1-16-29-39(12,46)33(43)26(7)41(15)20-21(2)18-38(11,45)34(51-36-31(42)28(40(13)14)17-22(3)47-36)23(4)32(24(5)35(44)49-29)50-30-19-37(9,10)25(6)27(8)48-30/h21-34,36,42-43,45-46H,16-20H2,1-15H3/t21-,22-,23?,24-,25+,26-,27+,28+,29-,30?,31-,32+,33-,34-,36?,38-,39-/m1/s1. The Balaban J connectivity index is 2.16. The SMILES string of the molecule is CC[C@H]1OC(=O)[C@H](C)[C@@H](OC2CC(C)(C)[C@@H](C)[C@H](C)O2)C(C)[C@@H](OC2O[C@H](C)C[C@H](N(C)C)[C@H]2O)[C@](C)(O)C[C@@H](C)CN(C)[C@H](C)[C@@H](O)[C@]1(C)O. The van der Waals surface area contributed by atoms with Crippen molar-refractivity contribution in [2.24, 2.45) is 29.1 Å². The molecule has 3 rings (SSSR count). The molecule has 0 aliphatic carbocycles. The number of nitrogens with zero attached hydrogens (tertiary/aromatic N) is 2. The van der Waals surface area contributed by atoms with Crippen LogP contribution in [0.4, 0.5) is 0 Å². The molecule has 17 atom stereocenters. The van der Waals surface area contributed by atoms with E-state index in [2.05, 4.69) is 20.8 Å². The smallest absolute Gasteiger partial charge is 0.311 e. The van der Waals surface area contributed by atoms with Gasteiger partial charge in [0.15, 0.2) is 12.6 Å². The molecule has 3 saturated heterocycles. The Morgan fingerprint density at radius 1 is 0.941 bits per heavy atom. The molecule has 0 aromatic rings. The Bertz CT molecular complexity index is 1120. The van der Waals surface area contributed by atoms with Gasteiger partial charge in [0.2, 0.25) is 0 Å². The van der Waals surface area contributed by atoms with E-state index in [1.165, 1.54) is 6.92 Å². The van der Waals surface area contributed by atoms with Crippen LogP contribution in [-0.2, 0) is 28.5 Å². The molecule has 0 spiro atoms. The zero-order chi connectivity index (χ0) is 39.0. The summed E-state index contributed by atoms with van der Waals surface area (Å²) < 4.78 is 32.3. The Labute approximate surface area is 308 Å². The average Bonchev–Trinajstić information content (AvgIpc) is 3.02. The summed E-state index contributed by atoms with van der Waals surface area (Å²) >= 11 is 0. The molecular weight excluding hydrogens is 656 g/mol. The second kappa shape index (κ2) is 17.3. The van der Waals surface area contributed by atoms with E-state index in [0.29, 0.717) is 19.4 Å². The summed E-state index contributed by atoms with van der Waals surface area (Å²) in [5.41, 5.74) is -3.36. The van der Waals surface area contributed by atoms with Crippen LogP contribution in [-0.4, -0.2) is 142 Å². The Morgan fingerprint density at radius 2 is 1.55 bits per heavy atom. The number of hydrogen-bond donors (Lipinski definition) is 4. The predicted molar refractivity (Wildman–Crippen MR) is 196 cm³/mol. The number of carbonyl (C=O) groups is 1. The summed E-state index contributed by atoms with van der Waals surface area (Å²) in [6.45, 7) is 23.5. The lowest BCUT2D eigenvalue weighted by Crippen LogP contribution is -2.59. The van der Waals surface area contributed by atoms with Crippen LogP contribution >= 0.6 is 0 Å². The third kappa shape index (κ3) is 10.2. The second-order valence-electron chi connectivity index (χ2n) is 18.0. The summed E-state index contributed by atoms with van der Waals surface area (Å²) in [4.78, 5) is 18.1. The van der Waals surface area contributed by atoms with Crippen LogP contribution in [0, 0.1) is 29.1 Å². The number of esters is 1. The van der Waals surface area contributed by atoms with E-state index in [-0.39, 0.29) is 48.3 Å². The van der Waals surface area contributed by atoms with Gasteiger partial charge in [-0.3, -0.25) is 4.79 Å². The van der Waals surface area contributed by atoms with E-state index < -0.39 is 78.1 Å². The minimum atomic E-state index is -1.75. The Hall–Kier alpha value is -0.930. The normalized spacial score (nSPS) is 48.5. The van der Waals surface area contributed by atoms with E-state index in [1.807, 2.05) is 72.5 Å². The maximum Gasteiger partial charge on any atom is 0.311 e. The molecule has 3 heterocycles. The lowest BCUT2D eigenvalue weighted by Gasteiger charge is -2.49. The Morgan fingerprint density at radius 3 is 2.10 bits per heavy atom. The Kier molecular flexibility index (Phi) is 15.0. The third-order valence-corrected chi connectivity index (χ3v) is 12.7. The molecule has 3 aliphatic heterocycles. The van der Waals surface area contributed by atoms with Gasteiger partial charge in [-0.2, -0.15) is 0 Å². The van der Waals surface area contributed by atoms with Crippen molar-refractivity contribution in [3.05, 3.63) is 0 Å². The topological polar surface area (TPSA) is 151 Å². The molecule has 0 bridgehead atoms. The van der Waals surface area contributed by atoms with Crippen molar-refractivity contribution in [3.8, 4) is 0 Å². The van der Waals surface area contributed by atoms with Gasteiger partial charge in [0, 0.05) is 31.0 Å². The molecule has 12 nitrogen and oxygen atoms in total. The number of carbonyl (C=O) groups excluding carboxylic acids is 1. The largest absolute Gasteiger partial charge is 0.459 e. The minimum absolute atomic E-state index is 0.0971. The van der Waals surface area contributed by atoms with Gasteiger partial charge in [-0.25, -0.2) is 0 Å². The van der Waals surface area contributed by atoms with Crippen LogP contribution in [0.15, 0.2) is 0 Å². The van der Waals surface area contributed by atoms with Gasteiger partial charge in [-0.05, 0) is 99.2 Å². The van der Waals surface area contributed by atoms with Crippen LogP contribution in [0.2, 0.25) is 0 Å². The molecule has 300 valence electrons. The summed E-state index contributed by atoms with van der Waals surface area (Å²) in [7, 11) is 5.69. The second-order valence-corrected chi connectivity index (χ2v) is 18.0. The lowest BCUT2D eigenvalue weighted by atomic mass is 9.72. The highest BCUT2D eigenvalue weighted by atomic mass is 16.7. The van der Waals surface area contributed by atoms with Crippen molar-refractivity contribution in [3.63, 3.8) is 0 Å². The van der Waals surface area contributed by atoms with E-state index >= 15 is 0 Å². The lowest BCUT2D eigenvalue weighted by molar-refractivity contribution is -0.310. The zero-order valence-electron chi connectivity index (χ0n) is 34.3. The van der Waals surface area contributed by atoms with Crippen molar-refractivity contribution >= 4 is 5.97 Å². The molecule has 0 aromatic carbocycles. The molecule has 3 unspecified atom stereocenters. The first kappa shape index (κ1) is 44.5. The van der Waals surface area contributed by atoms with Gasteiger partial charge in [0.1, 0.15) is 23.9 Å². The fourth-order valence-electron chi connectivity index (χ4n) is 8.88.